The fraction of sp³-hybridized carbons (Fsp3) is 0.188. The third-order valence-corrected chi connectivity index (χ3v) is 3.58. The molecule has 0 aromatic heterocycles. The van der Waals surface area contributed by atoms with Gasteiger partial charge in [-0.25, -0.2) is 4.39 Å². The van der Waals surface area contributed by atoms with E-state index in [0.29, 0.717) is 0 Å². The molecule has 0 radical (unpaired) electrons. The van der Waals surface area contributed by atoms with Gasteiger partial charge in [0.2, 0.25) is 0 Å². The minimum absolute atomic E-state index is 0.0547. The van der Waals surface area contributed by atoms with E-state index in [1.165, 1.54) is 12.1 Å². The Morgan fingerprint density at radius 2 is 2.10 bits per heavy atom. The van der Waals surface area contributed by atoms with Crippen LogP contribution in [0.2, 0.25) is 0 Å². The Bertz CT molecular complexity index is 649. The Morgan fingerprint density at radius 3 is 2.75 bits per heavy atom. The molecule has 0 aliphatic heterocycles. The van der Waals surface area contributed by atoms with Gasteiger partial charge in [-0.3, -0.25) is 0 Å². The van der Waals surface area contributed by atoms with Crippen LogP contribution in [0.15, 0.2) is 46.9 Å². The molecule has 0 saturated carbocycles. The second-order valence-electron chi connectivity index (χ2n) is 4.47. The summed E-state index contributed by atoms with van der Waals surface area (Å²) < 4.78 is 14.3. The van der Waals surface area contributed by atoms with Gasteiger partial charge in [0.15, 0.2) is 0 Å². The zero-order valence-electron chi connectivity index (χ0n) is 11.0. The van der Waals surface area contributed by atoms with Crippen LogP contribution in [-0.2, 0) is 0 Å². The highest BCUT2D eigenvalue weighted by atomic mass is 79.9. The third-order valence-electron chi connectivity index (χ3n) is 3.09. The van der Waals surface area contributed by atoms with Gasteiger partial charge in [0.05, 0.1) is 11.6 Å². The molecule has 0 amide bonds. The molecule has 0 aliphatic carbocycles. The van der Waals surface area contributed by atoms with Crippen LogP contribution in [-0.4, -0.2) is 0 Å². The Hall–Kier alpha value is -1.86. The average Bonchev–Trinajstić information content (AvgIpc) is 2.46. The van der Waals surface area contributed by atoms with E-state index in [1.807, 2.05) is 24.3 Å². The standard InChI is InChI=1S/C16H14BrFN2/c1-2-16(11-4-3-5-13(17)8-11)20-14-6-7-15(18)12(9-14)10-19/h3-9,16,20H,2H2,1H3. The van der Waals surface area contributed by atoms with E-state index in [-0.39, 0.29) is 11.6 Å². The number of benzene rings is 2. The average molecular weight is 333 g/mol. The van der Waals surface area contributed by atoms with Crippen LogP contribution < -0.4 is 5.32 Å². The van der Waals surface area contributed by atoms with Gasteiger partial charge in [0, 0.05) is 10.2 Å². The van der Waals surface area contributed by atoms with E-state index in [4.69, 9.17) is 5.26 Å². The SMILES string of the molecule is CCC(Nc1ccc(F)c(C#N)c1)c1cccc(Br)c1. The van der Waals surface area contributed by atoms with Gasteiger partial charge in [-0.15, -0.1) is 0 Å². The molecular formula is C16H14BrFN2. The van der Waals surface area contributed by atoms with Crippen molar-refractivity contribution in [1.29, 1.82) is 5.26 Å². The van der Waals surface area contributed by atoms with Crippen molar-refractivity contribution >= 4 is 21.6 Å². The lowest BCUT2D eigenvalue weighted by Crippen LogP contribution is -2.10. The summed E-state index contributed by atoms with van der Waals surface area (Å²) in [6.45, 7) is 2.08. The number of nitrogens with one attached hydrogen (secondary N) is 1. The molecule has 1 atom stereocenters. The molecule has 4 heteroatoms. The first-order valence-corrected chi connectivity index (χ1v) is 7.15. The molecular weight excluding hydrogens is 319 g/mol. The Balaban J connectivity index is 2.25. The summed E-state index contributed by atoms with van der Waals surface area (Å²) >= 11 is 3.46. The number of rotatable bonds is 4. The smallest absolute Gasteiger partial charge is 0.141 e. The topological polar surface area (TPSA) is 35.8 Å². The zero-order chi connectivity index (χ0) is 14.5. The Kier molecular flexibility index (Phi) is 4.75. The maximum atomic E-state index is 13.3. The first-order valence-electron chi connectivity index (χ1n) is 6.35. The molecule has 2 nitrogen and oxygen atoms in total. The van der Waals surface area contributed by atoms with E-state index < -0.39 is 5.82 Å². The molecule has 2 aromatic rings. The van der Waals surface area contributed by atoms with Crippen molar-refractivity contribution < 1.29 is 4.39 Å². The number of nitrogens with zero attached hydrogens (tertiary/aromatic N) is 1. The predicted molar refractivity (Wildman–Crippen MR) is 81.9 cm³/mol. The molecule has 2 aromatic carbocycles. The molecule has 20 heavy (non-hydrogen) atoms. The summed E-state index contributed by atoms with van der Waals surface area (Å²) in [5.41, 5.74) is 1.94. The van der Waals surface area contributed by atoms with Gasteiger partial charge in [-0.2, -0.15) is 5.26 Å². The second kappa shape index (κ2) is 6.53. The van der Waals surface area contributed by atoms with Crippen LogP contribution in [0.4, 0.5) is 10.1 Å². The molecule has 0 bridgehead atoms. The summed E-state index contributed by atoms with van der Waals surface area (Å²) in [7, 11) is 0. The van der Waals surface area contributed by atoms with Crippen LogP contribution >= 0.6 is 15.9 Å². The van der Waals surface area contributed by atoms with Crippen LogP contribution in [0, 0.1) is 17.1 Å². The molecule has 0 saturated heterocycles. The first-order chi connectivity index (χ1) is 9.63. The summed E-state index contributed by atoms with van der Waals surface area (Å²) in [5.74, 6) is -0.492. The third kappa shape index (κ3) is 3.37. The Morgan fingerprint density at radius 1 is 1.30 bits per heavy atom. The summed E-state index contributed by atoms with van der Waals surface area (Å²) in [4.78, 5) is 0. The van der Waals surface area contributed by atoms with Gasteiger partial charge in [-0.1, -0.05) is 35.0 Å². The van der Waals surface area contributed by atoms with E-state index >= 15 is 0 Å². The van der Waals surface area contributed by atoms with Crippen molar-refractivity contribution in [2.75, 3.05) is 5.32 Å². The molecule has 1 N–H and O–H groups in total. The number of halogens is 2. The zero-order valence-corrected chi connectivity index (χ0v) is 12.6. The van der Waals surface area contributed by atoms with Crippen molar-refractivity contribution in [3.05, 3.63) is 63.9 Å². The van der Waals surface area contributed by atoms with Crippen LogP contribution in [0.3, 0.4) is 0 Å². The maximum Gasteiger partial charge on any atom is 0.141 e. The number of hydrogen-bond donors (Lipinski definition) is 1. The van der Waals surface area contributed by atoms with E-state index in [9.17, 15) is 4.39 Å². The van der Waals surface area contributed by atoms with E-state index in [0.717, 1.165) is 22.1 Å². The van der Waals surface area contributed by atoms with E-state index in [1.54, 1.807) is 6.07 Å². The minimum Gasteiger partial charge on any atom is -0.378 e. The quantitative estimate of drug-likeness (QED) is 0.852. The molecule has 2 rings (SSSR count). The van der Waals surface area contributed by atoms with Crippen molar-refractivity contribution in [1.82, 2.24) is 0 Å². The summed E-state index contributed by atoms with van der Waals surface area (Å²) in [5, 5.41) is 12.2. The van der Waals surface area contributed by atoms with Crippen molar-refractivity contribution in [3.63, 3.8) is 0 Å². The lowest BCUT2D eigenvalue weighted by Gasteiger charge is -2.19. The largest absolute Gasteiger partial charge is 0.378 e. The van der Waals surface area contributed by atoms with Gasteiger partial charge >= 0.3 is 0 Å². The number of anilines is 1. The van der Waals surface area contributed by atoms with Crippen LogP contribution in [0.1, 0.15) is 30.5 Å². The van der Waals surface area contributed by atoms with Crippen molar-refractivity contribution in [3.8, 4) is 6.07 Å². The highest BCUT2D eigenvalue weighted by molar-refractivity contribution is 9.10. The summed E-state index contributed by atoms with van der Waals surface area (Å²) in [6.07, 6.45) is 0.885. The maximum absolute atomic E-state index is 13.3. The highest BCUT2D eigenvalue weighted by Crippen LogP contribution is 2.25. The summed E-state index contributed by atoms with van der Waals surface area (Å²) in [6, 6.07) is 14.5. The molecule has 0 heterocycles. The van der Waals surface area contributed by atoms with Crippen molar-refractivity contribution in [2.45, 2.75) is 19.4 Å². The minimum atomic E-state index is -0.492. The van der Waals surface area contributed by atoms with E-state index in [2.05, 4.69) is 34.2 Å². The normalized spacial score (nSPS) is 11.7. The molecule has 0 spiro atoms. The van der Waals surface area contributed by atoms with Crippen LogP contribution in [0.5, 0.6) is 0 Å². The van der Waals surface area contributed by atoms with Gasteiger partial charge in [0.1, 0.15) is 11.9 Å². The molecule has 1 unspecified atom stereocenters. The number of hydrogen-bond acceptors (Lipinski definition) is 2. The number of nitriles is 1. The molecule has 0 aliphatic rings. The van der Waals surface area contributed by atoms with Gasteiger partial charge in [-0.05, 0) is 42.3 Å². The van der Waals surface area contributed by atoms with Gasteiger partial charge < -0.3 is 5.32 Å². The Labute approximate surface area is 126 Å². The predicted octanol–water partition coefficient (Wildman–Crippen LogP) is 5.02. The van der Waals surface area contributed by atoms with Crippen LogP contribution in [0.25, 0.3) is 0 Å². The lowest BCUT2D eigenvalue weighted by molar-refractivity contribution is 0.624. The fourth-order valence-electron chi connectivity index (χ4n) is 2.05. The molecule has 0 fully saturated rings. The van der Waals surface area contributed by atoms with Crippen molar-refractivity contribution in [2.24, 2.45) is 0 Å². The second-order valence-corrected chi connectivity index (χ2v) is 5.38. The first kappa shape index (κ1) is 14.5. The lowest BCUT2D eigenvalue weighted by atomic mass is 10.0. The fourth-order valence-corrected chi connectivity index (χ4v) is 2.46. The molecule has 102 valence electrons. The monoisotopic (exact) mass is 332 g/mol. The van der Waals surface area contributed by atoms with Gasteiger partial charge in [0.25, 0.3) is 0 Å². The highest BCUT2D eigenvalue weighted by Gasteiger charge is 2.11.